The minimum Gasteiger partial charge on any atom is -0.324 e. The van der Waals surface area contributed by atoms with Crippen molar-refractivity contribution < 1.29 is 13.2 Å². The van der Waals surface area contributed by atoms with E-state index in [0.717, 1.165) is 6.07 Å². The highest BCUT2D eigenvalue weighted by Gasteiger charge is 2.34. The largest absolute Gasteiger partial charge is 0.416 e. The molecule has 2 aromatic rings. The number of rotatable bonds is 3. The number of pyridine rings is 1. The maximum absolute atomic E-state index is 12.9. The summed E-state index contributed by atoms with van der Waals surface area (Å²) in [6, 6.07) is 6.18. The first-order valence-electron chi connectivity index (χ1n) is 5.89. The lowest BCUT2D eigenvalue weighted by Gasteiger charge is -2.18. The van der Waals surface area contributed by atoms with Gasteiger partial charge in [-0.25, -0.2) is 0 Å². The Hall–Kier alpha value is -1.59. The van der Waals surface area contributed by atoms with E-state index >= 15 is 0 Å². The lowest BCUT2D eigenvalue weighted by atomic mass is 9.95. The van der Waals surface area contributed by atoms with Gasteiger partial charge in [-0.2, -0.15) is 13.2 Å². The molecule has 0 amide bonds. The highest BCUT2D eigenvalue weighted by Crippen LogP contribution is 2.35. The summed E-state index contributed by atoms with van der Waals surface area (Å²) < 4.78 is 38.8. The van der Waals surface area contributed by atoms with Crippen LogP contribution < -0.4 is 5.73 Å². The second-order valence-electron chi connectivity index (χ2n) is 4.36. The molecule has 0 fully saturated rings. The summed E-state index contributed by atoms with van der Waals surface area (Å²) >= 11 is 5.95. The van der Waals surface area contributed by atoms with Crippen molar-refractivity contribution in [2.45, 2.75) is 18.6 Å². The highest BCUT2D eigenvalue weighted by atomic mass is 35.5. The summed E-state index contributed by atoms with van der Waals surface area (Å²) in [7, 11) is 0. The summed E-state index contributed by atoms with van der Waals surface area (Å²) in [6.45, 7) is 0. The van der Waals surface area contributed by atoms with Gasteiger partial charge >= 0.3 is 6.18 Å². The monoisotopic (exact) mass is 300 g/mol. The first kappa shape index (κ1) is 14.8. The first-order chi connectivity index (χ1) is 9.39. The number of halogens is 4. The van der Waals surface area contributed by atoms with Crippen LogP contribution in [0.5, 0.6) is 0 Å². The van der Waals surface area contributed by atoms with Gasteiger partial charge in [0.05, 0.1) is 10.6 Å². The van der Waals surface area contributed by atoms with Crippen molar-refractivity contribution >= 4 is 11.6 Å². The van der Waals surface area contributed by atoms with Crippen molar-refractivity contribution in [3.63, 3.8) is 0 Å². The quantitative estimate of drug-likeness (QED) is 0.930. The zero-order valence-electron chi connectivity index (χ0n) is 10.4. The highest BCUT2D eigenvalue weighted by molar-refractivity contribution is 6.31. The second kappa shape index (κ2) is 5.81. The Labute approximate surface area is 119 Å². The van der Waals surface area contributed by atoms with E-state index < -0.39 is 17.8 Å². The van der Waals surface area contributed by atoms with E-state index in [1.165, 1.54) is 24.5 Å². The van der Waals surface area contributed by atoms with Gasteiger partial charge in [0.1, 0.15) is 0 Å². The molecule has 0 aliphatic rings. The van der Waals surface area contributed by atoms with E-state index in [9.17, 15) is 13.2 Å². The molecule has 0 saturated heterocycles. The van der Waals surface area contributed by atoms with E-state index in [0.29, 0.717) is 10.6 Å². The van der Waals surface area contributed by atoms with Crippen LogP contribution in [-0.4, -0.2) is 4.98 Å². The zero-order chi connectivity index (χ0) is 14.8. The second-order valence-corrected chi connectivity index (χ2v) is 4.77. The number of hydrogen-bond acceptors (Lipinski definition) is 2. The first-order valence-corrected chi connectivity index (χ1v) is 6.27. The van der Waals surface area contributed by atoms with Gasteiger partial charge in [-0.15, -0.1) is 0 Å². The van der Waals surface area contributed by atoms with Crippen LogP contribution in [0.2, 0.25) is 5.02 Å². The molecule has 0 spiro atoms. The minimum absolute atomic E-state index is 0.0629. The smallest absolute Gasteiger partial charge is 0.324 e. The van der Waals surface area contributed by atoms with Gasteiger partial charge in [-0.1, -0.05) is 29.8 Å². The molecule has 1 aromatic heterocycles. The average molecular weight is 301 g/mol. The predicted octanol–water partition coefficient (Wildman–Crippen LogP) is 4.00. The third-order valence-electron chi connectivity index (χ3n) is 2.96. The van der Waals surface area contributed by atoms with Crippen molar-refractivity contribution in [1.82, 2.24) is 4.98 Å². The molecule has 0 saturated carbocycles. The molecule has 0 radical (unpaired) electrons. The fourth-order valence-corrected chi connectivity index (χ4v) is 2.19. The van der Waals surface area contributed by atoms with Crippen molar-refractivity contribution in [3.05, 3.63) is 64.4 Å². The van der Waals surface area contributed by atoms with E-state index in [1.54, 1.807) is 12.1 Å². The summed E-state index contributed by atoms with van der Waals surface area (Å²) in [5.41, 5.74) is 5.94. The predicted molar refractivity (Wildman–Crippen MR) is 71.3 cm³/mol. The Morgan fingerprint density at radius 3 is 2.55 bits per heavy atom. The molecular weight excluding hydrogens is 289 g/mol. The van der Waals surface area contributed by atoms with E-state index in [-0.39, 0.29) is 12.0 Å². The Morgan fingerprint density at radius 2 is 1.90 bits per heavy atom. The van der Waals surface area contributed by atoms with Crippen LogP contribution in [0.15, 0.2) is 42.7 Å². The lowest BCUT2D eigenvalue weighted by Crippen LogP contribution is -2.19. The molecule has 2 rings (SSSR count). The molecule has 0 bridgehead atoms. The Morgan fingerprint density at radius 1 is 1.20 bits per heavy atom. The zero-order valence-corrected chi connectivity index (χ0v) is 11.1. The SMILES string of the molecule is NC(Cc1ccncc1Cl)c1ccccc1C(F)(F)F. The summed E-state index contributed by atoms with van der Waals surface area (Å²) in [4.78, 5) is 3.83. The van der Waals surface area contributed by atoms with Gasteiger partial charge in [0.25, 0.3) is 0 Å². The van der Waals surface area contributed by atoms with E-state index in [2.05, 4.69) is 4.98 Å². The van der Waals surface area contributed by atoms with Crippen molar-refractivity contribution in [2.75, 3.05) is 0 Å². The van der Waals surface area contributed by atoms with Crippen molar-refractivity contribution in [3.8, 4) is 0 Å². The number of benzene rings is 1. The maximum Gasteiger partial charge on any atom is 0.416 e. The summed E-state index contributed by atoms with van der Waals surface area (Å²) in [6.07, 6.45) is -1.23. The Kier molecular flexibility index (Phi) is 4.30. The van der Waals surface area contributed by atoms with E-state index in [1.807, 2.05) is 0 Å². The van der Waals surface area contributed by atoms with Crippen LogP contribution in [0.4, 0.5) is 13.2 Å². The number of nitrogens with zero attached hydrogens (tertiary/aromatic N) is 1. The number of hydrogen-bond donors (Lipinski definition) is 1. The van der Waals surface area contributed by atoms with Crippen LogP contribution in [0.25, 0.3) is 0 Å². The number of nitrogens with two attached hydrogens (primary N) is 1. The van der Waals surface area contributed by atoms with Crippen LogP contribution >= 0.6 is 11.6 Å². The molecule has 6 heteroatoms. The van der Waals surface area contributed by atoms with Gasteiger partial charge < -0.3 is 5.73 Å². The molecule has 106 valence electrons. The van der Waals surface area contributed by atoms with Gasteiger partial charge in [0.15, 0.2) is 0 Å². The Bertz CT molecular complexity index is 599. The lowest BCUT2D eigenvalue weighted by molar-refractivity contribution is -0.138. The molecule has 2 N–H and O–H groups in total. The van der Waals surface area contributed by atoms with Crippen LogP contribution in [-0.2, 0) is 12.6 Å². The molecule has 2 nitrogen and oxygen atoms in total. The Balaban J connectivity index is 2.31. The third kappa shape index (κ3) is 3.29. The molecule has 1 unspecified atom stereocenters. The fraction of sp³-hybridized carbons (Fsp3) is 0.214. The van der Waals surface area contributed by atoms with Crippen molar-refractivity contribution in [1.29, 1.82) is 0 Å². The number of aromatic nitrogens is 1. The topological polar surface area (TPSA) is 38.9 Å². The maximum atomic E-state index is 12.9. The summed E-state index contributed by atoms with van der Waals surface area (Å²) in [5.74, 6) is 0. The van der Waals surface area contributed by atoms with Crippen LogP contribution in [0.3, 0.4) is 0 Å². The van der Waals surface area contributed by atoms with Gasteiger partial charge in [0.2, 0.25) is 0 Å². The van der Waals surface area contributed by atoms with Crippen LogP contribution in [0.1, 0.15) is 22.7 Å². The van der Waals surface area contributed by atoms with Crippen molar-refractivity contribution in [2.24, 2.45) is 5.73 Å². The third-order valence-corrected chi connectivity index (χ3v) is 3.30. The van der Waals surface area contributed by atoms with E-state index in [4.69, 9.17) is 17.3 Å². The molecule has 20 heavy (non-hydrogen) atoms. The minimum atomic E-state index is -4.42. The average Bonchev–Trinajstić information content (AvgIpc) is 2.40. The molecule has 1 aromatic carbocycles. The fourth-order valence-electron chi connectivity index (χ4n) is 1.99. The standard InChI is InChI=1S/C14H12ClF3N2/c15-12-8-20-6-5-9(12)7-13(19)10-3-1-2-4-11(10)14(16,17)18/h1-6,8,13H,7,19H2. The van der Waals surface area contributed by atoms with Crippen LogP contribution in [0, 0.1) is 0 Å². The molecule has 0 aliphatic carbocycles. The molecular formula is C14H12ClF3N2. The van der Waals surface area contributed by atoms with Gasteiger partial charge in [0, 0.05) is 18.4 Å². The molecule has 1 atom stereocenters. The summed E-state index contributed by atoms with van der Waals surface area (Å²) in [5, 5.41) is 0.396. The molecule has 1 heterocycles. The van der Waals surface area contributed by atoms with Gasteiger partial charge in [-0.05, 0) is 29.7 Å². The molecule has 0 aliphatic heterocycles. The van der Waals surface area contributed by atoms with Gasteiger partial charge in [-0.3, -0.25) is 4.98 Å². The number of alkyl halides is 3. The normalized spacial score (nSPS) is 13.2.